The molecule has 0 fully saturated rings. The van der Waals surface area contributed by atoms with Gasteiger partial charge in [-0.05, 0) is 19.1 Å². The van der Waals surface area contributed by atoms with E-state index in [4.69, 9.17) is 4.52 Å². The highest BCUT2D eigenvalue weighted by atomic mass is 19.3. The summed E-state index contributed by atoms with van der Waals surface area (Å²) >= 11 is 0. The number of halogens is 2. The molecule has 2 aromatic carbocycles. The van der Waals surface area contributed by atoms with Gasteiger partial charge in [-0.3, -0.25) is 4.79 Å². The fourth-order valence-electron chi connectivity index (χ4n) is 2.65. The van der Waals surface area contributed by atoms with Gasteiger partial charge in [0, 0.05) is 30.2 Å². The lowest BCUT2D eigenvalue weighted by Crippen LogP contribution is -2.25. The lowest BCUT2D eigenvalue weighted by Gasteiger charge is -2.05. The molecule has 0 atom stereocenters. The molecule has 4 rings (SSSR count). The fraction of sp³-hybridized carbons (Fsp3) is 0.211. The van der Waals surface area contributed by atoms with E-state index in [0.717, 1.165) is 11.1 Å². The highest BCUT2D eigenvalue weighted by molar-refractivity contribution is 5.91. The molecule has 0 saturated heterocycles. The average Bonchev–Trinajstić information content (AvgIpc) is 3.23. The molecule has 1 amide bonds. The van der Waals surface area contributed by atoms with Gasteiger partial charge in [-0.1, -0.05) is 35.0 Å². The van der Waals surface area contributed by atoms with E-state index < -0.39 is 6.29 Å². The van der Waals surface area contributed by atoms with Gasteiger partial charge in [-0.15, -0.1) is 8.78 Å². The Morgan fingerprint density at radius 3 is 2.64 bits per heavy atom. The van der Waals surface area contributed by atoms with Crippen LogP contribution in [0.3, 0.4) is 0 Å². The predicted octanol–water partition coefficient (Wildman–Crippen LogP) is 3.94. The second-order valence-electron chi connectivity index (χ2n) is 6.25. The van der Waals surface area contributed by atoms with Crippen LogP contribution in [0.5, 0.6) is 11.5 Å². The van der Waals surface area contributed by atoms with E-state index in [2.05, 4.69) is 24.9 Å². The number of fused-ring (bicyclic) bond motifs is 1. The van der Waals surface area contributed by atoms with Gasteiger partial charge in [0.05, 0.1) is 0 Å². The quantitative estimate of drug-likeness (QED) is 0.714. The number of nitrogens with zero attached hydrogens (tertiary/aromatic N) is 2. The van der Waals surface area contributed by atoms with Gasteiger partial charge in [0.15, 0.2) is 11.5 Å². The average molecular weight is 387 g/mol. The van der Waals surface area contributed by atoms with Crippen molar-refractivity contribution in [1.29, 1.82) is 0 Å². The fourth-order valence-corrected chi connectivity index (χ4v) is 2.65. The molecular weight excluding hydrogens is 372 g/mol. The molecule has 3 aromatic rings. The van der Waals surface area contributed by atoms with Crippen LogP contribution in [-0.2, 0) is 11.2 Å². The molecule has 1 aromatic heterocycles. The van der Waals surface area contributed by atoms with E-state index in [9.17, 15) is 13.6 Å². The summed E-state index contributed by atoms with van der Waals surface area (Å²) in [4.78, 5) is 16.4. The smallest absolute Gasteiger partial charge is 0.395 e. The number of carbonyl (C=O) groups is 1. The summed E-state index contributed by atoms with van der Waals surface area (Å²) in [5, 5.41) is 6.52. The Hall–Kier alpha value is -3.49. The Morgan fingerprint density at radius 1 is 1.11 bits per heavy atom. The Labute approximate surface area is 158 Å². The van der Waals surface area contributed by atoms with Crippen LogP contribution < -0.4 is 14.8 Å². The molecule has 0 radical (unpaired) electrons. The zero-order chi connectivity index (χ0) is 19.7. The summed E-state index contributed by atoms with van der Waals surface area (Å²) in [5.74, 6) is 0.226. The Balaban J connectivity index is 1.34. The van der Waals surface area contributed by atoms with E-state index in [-0.39, 0.29) is 30.2 Å². The first kappa shape index (κ1) is 17.9. The summed E-state index contributed by atoms with van der Waals surface area (Å²) in [7, 11) is 0. The number of amides is 1. The van der Waals surface area contributed by atoms with E-state index in [1.807, 2.05) is 31.2 Å². The van der Waals surface area contributed by atoms with Crippen molar-refractivity contribution in [1.82, 2.24) is 10.1 Å². The molecule has 0 spiro atoms. The van der Waals surface area contributed by atoms with E-state index in [0.29, 0.717) is 17.4 Å². The molecular formula is C19H15F2N3O4. The zero-order valence-corrected chi connectivity index (χ0v) is 14.7. The van der Waals surface area contributed by atoms with Crippen LogP contribution in [0.15, 0.2) is 47.0 Å². The molecule has 1 aliphatic rings. The topological polar surface area (TPSA) is 86.5 Å². The highest BCUT2D eigenvalue weighted by Crippen LogP contribution is 2.42. The van der Waals surface area contributed by atoms with Crippen molar-refractivity contribution in [2.24, 2.45) is 0 Å². The molecule has 0 aliphatic carbocycles. The van der Waals surface area contributed by atoms with Crippen LogP contribution >= 0.6 is 0 Å². The summed E-state index contributed by atoms with van der Waals surface area (Å²) in [5.41, 5.74) is 2.26. The van der Waals surface area contributed by atoms with Crippen molar-refractivity contribution in [3.05, 3.63) is 53.9 Å². The van der Waals surface area contributed by atoms with Crippen LogP contribution in [0.25, 0.3) is 11.4 Å². The maximum atomic E-state index is 13.0. The van der Waals surface area contributed by atoms with Crippen molar-refractivity contribution in [3.63, 3.8) is 0 Å². The number of alkyl halides is 2. The van der Waals surface area contributed by atoms with Crippen molar-refractivity contribution in [2.75, 3.05) is 5.32 Å². The third-order valence-corrected chi connectivity index (χ3v) is 4.03. The lowest BCUT2D eigenvalue weighted by molar-refractivity contribution is -0.286. The van der Waals surface area contributed by atoms with Gasteiger partial charge >= 0.3 is 6.29 Å². The maximum Gasteiger partial charge on any atom is 0.586 e. The minimum Gasteiger partial charge on any atom is -0.395 e. The molecule has 2 heterocycles. The monoisotopic (exact) mass is 387 g/mol. The number of rotatable bonds is 5. The molecule has 0 unspecified atom stereocenters. The van der Waals surface area contributed by atoms with Crippen molar-refractivity contribution in [2.45, 2.75) is 26.1 Å². The van der Waals surface area contributed by atoms with Crippen LogP contribution in [0.2, 0.25) is 0 Å². The Kier molecular flexibility index (Phi) is 4.42. The zero-order valence-electron chi connectivity index (χ0n) is 14.7. The summed E-state index contributed by atoms with van der Waals surface area (Å²) in [6.45, 7) is 1.98. The number of benzene rings is 2. The number of aromatic nitrogens is 2. The van der Waals surface area contributed by atoms with Gasteiger partial charge < -0.3 is 19.3 Å². The SMILES string of the molecule is Cc1ccc(-c2noc(CCC(=O)Nc3ccc4c(c3)OC(F)(F)O4)n2)cc1. The number of hydrogen-bond acceptors (Lipinski definition) is 6. The number of anilines is 1. The molecule has 0 saturated carbocycles. The van der Waals surface area contributed by atoms with Crippen LogP contribution in [-0.4, -0.2) is 22.3 Å². The number of nitrogens with one attached hydrogen (secondary N) is 1. The summed E-state index contributed by atoms with van der Waals surface area (Å²) in [6.07, 6.45) is -3.37. The normalized spacial score (nSPS) is 14.1. The van der Waals surface area contributed by atoms with Gasteiger partial charge in [-0.25, -0.2) is 0 Å². The van der Waals surface area contributed by atoms with Gasteiger partial charge in [0.1, 0.15) is 0 Å². The maximum absolute atomic E-state index is 13.0. The van der Waals surface area contributed by atoms with E-state index in [1.54, 1.807) is 0 Å². The first-order valence-corrected chi connectivity index (χ1v) is 8.47. The highest BCUT2D eigenvalue weighted by Gasteiger charge is 2.43. The molecule has 9 heteroatoms. The summed E-state index contributed by atoms with van der Waals surface area (Å²) < 4.78 is 39.9. The first-order chi connectivity index (χ1) is 13.4. The molecule has 1 aliphatic heterocycles. The van der Waals surface area contributed by atoms with Gasteiger partial charge in [-0.2, -0.15) is 4.98 Å². The van der Waals surface area contributed by atoms with Crippen molar-refractivity contribution in [3.8, 4) is 22.9 Å². The van der Waals surface area contributed by atoms with Crippen LogP contribution in [0.1, 0.15) is 17.9 Å². The van der Waals surface area contributed by atoms with Crippen molar-refractivity contribution < 1.29 is 27.6 Å². The number of ether oxygens (including phenoxy) is 2. The van der Waals surface area contributed by atoms with E-state index >= 15 is 0 Å². The van der Waals surface area contributed by atoms with E-state index in [1.165, 1.54) is 18.2 Å². The standard InChI is InChI=1S/C19H15F2N3O4/c1-11-2-4-12(5-3-11)18-23-17(28-24-18)9-8-16(25)22-13-6-7-14-15(10-13)27-19(20,21)26-14/h2-7,10H,8-9H2,1H3,(H,22,25). The van der Waals surface area contributed by atoms with Gasteiger partial charge in [0.25, 0.3) is 0 Å². The summed E-state index contributed by atoms with van der Waals surface area (Å²) in [6, 6.07) is 11.7. The third-order valence-electron chi connectivity index (χ3n) is 4.03. The minimum atomic E-state index is -3.70. The number of hydrogen-bond donors (Lipinski definition) is 1. The van der Waals surface area contributed by atoms with Crippen LogP contribution in [0, 0.1) is 6.92 Å². The molecule has 1 N–H and O–H groups in total. The largest absolute Gasteiger partial charge is 0.586 e. The first-order valence-electron chi connectivity index (χ1n) is 8.47. The number of carbonyl (C=O) groups excluding carboxylic acids is 1. The Morgan fingerprint density at radius 2 is 1.86 bits per heavy atom. The minimum absolute atomic E-state index is 0.0835. The third kappa shape index (κ3) is 3.93. The van der Waals surface area contributed by atoms with Crippen molar-refractivity contribution >= 4 is 11.6 Å². The predicted molar refractivity (Wildman–Crippen MR) is 94.1 cm³/mol. The second-order valence-corrected chi connectivity index (χ2v) is 6.25. The lowest BCUT2D eigenvalue weighted by atomic mass is 10.1. The second kappa shape index (κ2) is 6.91. The molecule has 0 bridgehead atoms. The Bertz CT molecular complexity index is 1020. The molecule has 7 nitrogen and oxygen atoms in total. The van der Waals surface area contributed by atoms with Gasteiger partial charge in [0.2, 0.25) is 17.6 Å². The molecule has 28 heavy (non-hydrogen) atoms. The van der Waals surface area contributed by atoms with Crippen LogP contribution in [0.4, 0.5) is 14.5 Å². The number of aryl methyl sites for hydroxylation is 2. The molecule has 144 valence electrons.